The van der Waals surface area contributed by atoms with E-state index in [1.165, 1.54) is 25.5 Å². The Morgan fingerprint density at radius 3 is 2.76 bits per heavy atom. The first-order valence-corrected chi connectivity index (χ1v) is 8.68. The van der Waals surface area contributed by atoms with Crippen LogP contribution in [0, 0.1) is 10.1 Å². The molecule has 0 aliphatic heterocycles. The molecule has 10 heteroatoms. The number of hydrogen-bond donors (Lipinski definition) is 1. The van der Waals surface area contributed by atoms with Crippen molar-refractivity contribution in [1.29, 1.82) is 0 Å². The van der Waals surface area contributed by atoms with Crippen molar-refractivity contribution in [2.24, 2.45) is 0 Å². The lowest BCUT2D eigenvalue weighted by Gasteiger charge is -2.07. The van der Waals surface area contributed by atoms with Gasteiger partial charge < -0.3 is 19.2 Å². The molecule has 0 unspecified atom stereocenters. The van der Waals surface area contributed by atoms with Crippen LogP contribution in [0.2, 0.25) is 5.02 Å². The van der Waals surface area contributed by atoms with Gasteiger partial charge in [-0.05, 0) is 24.3 Å². The number of ether oxygens (including phenoxy) is 2. The van der Waals surface area contributed by atoms with E-state index in [1.807, 2.05) is 0 Å². The maximum absolute atomic E-state index is 12.0. The summed E-state index contributed by atoms with van der Waals surface area (Å²) >= 11 is 5.72. The molecule has 9 nitrogen and oxygen atoms in total. The topological polar surface area (TPSA) is 121 Å². The number of anilines is 1. The van der Waals surface area contributed by atoms with Gasteiger partial charge in [0.25, 0.3) is 11.6 Å². The van der Waals surface area contributed by atoms with Gasteiger partial charge in [-0.3, -0.25) is 19.7 Å². The van der Waals surface area contributed by atoms with Gasteiger partial charge in [0.1, 0.15) is 16.4 Å². The molecule has 0 atom stereocenters. The summed E-state index contributed by atoms with van der Waals surface area (Å²) in [6.45, 7) is -0.543. The minimum Gasteiger partial charge on any atom is -0.497 e. The number of carbonyl (C=O) groups excluding carboxylic acids is 2. The second kappa shape index (κ2) is 8.61. The van der Waals surface area contributed by atoms with E-state index in [-0.39, 0.29) is 22.8 Å². The van der Waals surface area contributed by atoms with Crippen molar-refractivity contribution in [2.45, 2.75) is 6.42 Å². The Balaban J connectivity index is 1.56. The van der Waals surface area contributed by atoms with E-state index in [2.05, 4.69) is 5.32 Å². The fourth-order valence-electron chi connectivity index (χ4n) is 2.61. The van der Waals surface area contributed by atoms with Gasteiger partial charge in [-0.2, -0.15) is 0 Å². The predicted octanol–water partition coefficient (Wildman–Crippen LogP) is 3.73. The van der Waals surface area contributed by atoms with E-state index < -0.39 is 23.4 Å². The molecule has 1 heterocycles. The minimum atomic E-state index is -0.664. The first kappa shape index (κ1) is 20.2. The summed E-state index contributed by atoms with van der Waals surface area (Å²) in [6, 6.07) is 9.02. The molecular weight excluding hydrogens is 404 g/mol. The molecule has 0 bridgehead atoms. The molecule has 29 heavy (non-hydrogen) atoms. The molecule has 1 amide bonds. The molecule has 0 fully saturated rings. The zero-order chi connectivity index (χ0) is 21.0. The van der Waals surface area contributed by atoms with Crippen LogP contribution in [-0.2, 0) is 20.7 Å². The minimum absolute atomic E-state index is 0.0515. The monoisotopic (exact) mass is 418 g/mol. The maximum atomic E-state index is 12.0. The third-order valence-electron chi connectivity index (χ3n) is 3.99. The molecular formula is C19H15ClN2O7. The lowest BCUT2D eigenvalue weighted by Crippen LogP contribution is -2.21. The van der Waals surface area contributed by atoms with Crippen molar-refractivity contribution in [3.8, 4) is 5.75 Å². The summed E-state index contributed by atoms with van der Waals surface area (Å²) in [4.78, 5) is 34.2. The third kappa shape index (κ3) is 4.82. The number of furan rings is 1. The summed E-state index contributed by atoms with van der Waals surface area (Å²) in [6.07, 6.45) is 1.36. The fourth-order valence-corrected chi connectivity index (χ4v) is 2.79. The van der Waals surface area contributed by atoms with Crippen LogP contribution in [0.15, 0.2) is 47.1 Å². The average molecular weight is 419 g/mol. The van der Waals surface area contributed by atoms with Gasteiger partial charge >= 0.3 is 5.97 Å². The number of methoxy groups -OCH3 is 1. The van der Waals surface area contributed by atoms with E-state index in [0.29, 0.717) is 16.9 Å². The number of nitro groups is 1. The summed E-state index contributed by atoms with van der Waals surface area (Å²) in [5.74, 6) is -0.641. The number of carbonyl (C=O) groups is 2. The Labute approximate surface area is 169 Å². The largest absolute Gasteiger partial charge is 0.497 e. The van der Waals surface area contributed by atoms with Crippen LogP contribution in [0.5, 0.6) is 5.75 Å². The van der Waals surface area contributed by atoms with Crippen LogP contribution in [0.4, 0.5) is 11.4 Å². The van der Waals surface area contributed by atoms with Gasteiger partial charge in [0.15, 0.2) is 6.61 Å². The molecule has 0 spiro atoms. The standard InChI is InChI=1S/C19H15ClN2O7/c1-27-13-3-4-14-11(9-28-17(14)8-13)6-19(24)29-10-18(23)21-12-2-5-15(20)16(7-12)22(25)26/h2-5,7-9H,6,10H2,1H3,(H,21,23). The first-order valence-electron chi connectivity index (χ1n) is 8.31. The zero-order valence-electron chi connectivity index (χ0n) is 15.1. The Hall–Kier alpha value is -3.59. The number of nitro benzene ring substituents is 1. The van der Waals surface area contributed by atoms with E-state index in [4.69, 9.17) is 25.5 Å². The van der Waals surface area contributed by atoms with Crippen molar-refractivity contribution in [3.63, 3.8) is 0 Å². The van der Waals surface area contributed by atoms with Crippen molar-refractivity contribution in [3.05, 3.63) is 63.4 Å². The van der Waals surface area contributed by atoms with Crippen molar-refractivity contribution < 1.29 is 28.4 Å². The number of hydrogen-bond acceptors (Lipinski definition) is 7. The van der Waals surface area contributed by atoms with E-state index in [9.17, 15) is 19.7 Å². The first-order chi connectivity index (χ1) is 13.9. The zero-order valence-corrected chi connectivity index (χ0v) is 15.9. The van der Waals surface area contributed by atoms with E-state index in [0.717, 1.165) is 11.5 Å². The number of esters is 1. The highest BCUT2D eigenvalue weighted by Crippen LogP contribution is 2.28. The SMILES string of the molecule is COc1ccc2c(CC(=O)OCC(=O)Nc3ccc(Cl)c([N+](=O)[O-])c3)coc2c1. The van der Waals surface area contributed by atoms with Crippen LogP contribution in [0.1, 0.15) is 5.56 Å². The molecule has 0 radical (unpaired) electrons. The lowest BCUT2D eigenvalue weighted by atomic mass is 10.1. The van der Waals surface area contributed by atoms with Gasteiger partial charge in [0.05, 0.1) is 24.7 Å². The van der Waals surface area contributed by atoms with Gasteiger partial charge in [0, 0.05) is 28.8 Å². The maximum Gasteiger partial charge on any atom is 0.310 e. The smallest absolute Gasteiger partial charge is 0.310 e. The third-order valence-corrected chi connectivity index (χ3v) is 4.31. The Morgan fingerprint density at radius 1 is 1.24 bits per heavy atom. The Kier molecular flexibility index (Phi) is 5.99. The highest BCUT2D eigenvalue weighted by Gasteiger charge is 2.16. The molecule has 1 N–H and O–H groups in total. The van der Waals surface area contributed by atoms with Crippen LogP contribution >= 0.6 is 11.6 Å². The molecule has 3 aromatic rings. The van der Waals surface area contributed by atoms with E-state index >= 15 is 0 Å². The molecule has 0 saturated carbocycles. The number of nitrogens with one attached hydrogen (secondary N) is 1. The fraction of sp³-hybridized carbons (Fsp3) is 0.158. The normalized spacial score (nSPS) is 10.6. The number of rotatable bonds is 7. The van der Waals surface area contributed by atoms with Crippen molar-refractivity contribution >= 4 is 45.8 Å². The van der Waals surface area contributed by atoms with Gasteiger partial charge in [-0.15, -0.1) is 0 Å². The van der Waals surface area contributed by atoms with Crippen LogP contribution in [0.25, 0.3) is 11.0 Å². The molecule has 1 aromatic heterocycles. The predicted molar refractivity (Wildman–Crippen MR) is 104 cm³/mol. The Morgan fingerprint density at radius 2 is 2.03 bits per heavy atom. The highest BCUT2D eigenvalue weighted by molar-refractivity contribution is 6.32. The number of amides is 1. The van der Waals surface area contributed by atoms with E-state index in [1.54, 1.807) is 18.2 Å². The van der Waals surface area contributed by atoms with Crippen molar-refractivity contribution in [2.75, 3.05) is 19.0 Å². The van der Waals surface area contributed by atoms with Gasteiger partial charge in [-0.25, -0.2) is 0 Å². The second-order valence-electron chi connectivity index (χ2n) is 5.93. The summed E-state index contributed by atoms with van der Waals surface area (Å²) in [5, 5.41) is 14.0. The summed E-state index contributed by atoms with van der Waals surface area (Å²) < 4.78 is 15.5. The summed E-state index contributed by atoms with van der Waals surface area (Å²) in [5.41, 5.74) is 0.998. The Bertz CT molecular complexity index is 1090. The number of benzene rings is 2. The quantitative estimate of drug-likeness (QED) is 0.352. The molecule has 0 aliphatic rings. The lowest BCUT2D eigenvalue weighted by molar-refractivity contribution is -0.384. The number of halogens is 1. The van der Waals surface area contributed by atoms with Crippen LogP contribution in [-0.4, -0.2) is 30.5 Å². The number of fused-ring (bicyclic) bond motifs is 1. The van der Waals surface area contributed by atoms with Gasteiger partial charge in [-0.1, -0.05) is 11.6 Å². The average Bonchev–Trinajstić information content (AvgIpc) is 3.09. The van der Waals surface area contributed by atoms with Gasteiger partial charge in [0.2, 0.25) is 0 Å². The summed E-state index contributed by atoms with van der Waals surface area (Å²) in [7, 11) is 1.54. The molecule has 3 rings (SSSR count). The number of nitrogens with zero attached hydrogens (tertiary/aromatic N) is 1. The van der Waals surface area contributed by atoms with Crippen LogP contribution < -0.4 is 10.1 Å². The molecule has 0 saturated heterocycles. The second-order valence-corrected chi connectivity index (χ2v) is 6.34. The van der Waals surface area contributed by atoms with Crippen molar-refractivity contribution in [1.82, 2.24) is 0 Å². The molecule has 2 aromatic carbocycles. The van der Waals surface area contributed by atoms with Crippen LogP contribution in [0.3, 0.4) is 0 Å². The highest BCUT2D eigenvalue weighted by atomic mass is 35.5. The molecule has 150 valence electrons. The molecule has 0 aliphatic carbocycles.